The van der Waals surface area contributed by atoms with Crippen LogP contribution in [0.25, 0.3) is 0 Å². The molecule has 0 aromatic heterocycles. The Morgan fingerprint density at radius 1 is 1.14 bits per heavy atom. The van der Waals surface area contributed by atoms with Crippen LogP contribution in [0.15, 0.2) is 18.2 Å². The maximum atomic E-state index is 12.0. The van der Waals surface area contributed by atoms with Gasteiger partial charge in [-0.05, 0) is 29.0 Å². The number of hydrogen-bond acceptors (Lipinski definition) is 2. The zero-order chi connectivity index (χ0) is 14.5. The highest BCUT2D eigenvalue weighted by molar-refractivity contribution is 5.85. The van der Waals surface area contributed by atoms with Crippen LogP contribution in [-0.4, -0.2) is 5.91 Å². The lowest BCUT2D eigenvalue weighted by molar-refractivity contribution is -0.121. The fraction of sp³-hybridized carbons (Fsp3) is 0.611. The Labute approximate surface area is 139 Å². The average molecular weight is 323 g/mol. The van der Waals surface area contributed by atoms with E-state index in [0.29, 0.717) is 13.0 Å². The van der Waals surface area contributed by atoms with Gasteiger partial charge in [-0.3, -0.25) is 4.79 Å². The van der Waals surface area contributed by atoms with Crippen molar-refractivity contribution in [1.82, 2.24) is 10.6 Å². The summed E-state index contributed by atoms with van der Waals surface area (Å²) < 4.78 is 0. The molecule has 0 spiro atoms. The minimum atomic E-state index is 0. The molecule has 1 amide bonds. The Hall–Kier alpha value is -1.06. The molecule has 1 saturated carbocycles. The zero-order valence-electron chi connectivity index (χ0n) is 13.2. The van der Waals surface area contributed by atoms with E-state index in [1.165, 1.54) is 48.8 Å². The first-order valence-corrected chi connectivity index (χ1v) is 8.39. The van der Waals surface area contributed by atoms with Crippen LogP contribution in [0.4, 0.5) is 0 Å². The van der Waals surface area contributed by atoms with Gasteiger partial charge in [-0.25, -0.2) is 0 Å². The lowest BCUT2D eigenvalue weighted by Crippen LogP contribution is -2.23. The number of hydrogen-bond donors (Lipinski definition) is 2. The third-order valence-corrected chi connectivity index (χ3v) is 4.90. The molecule has 1 heterocycles. The molecular weight excluding hydrogens is 296 g/mol. The Bertz CT molecular complexity index is 498. The molecule has 0 saturated heterocycles. The maximum Gasteiger partial charge on any atom is 0.220 e. The Morgan fingerprint density at radius 2 is 1.91 bits per heavy atom. The molecule has 2 N–H and O–H groups in total. The fourth-order valence-corrected chi connectivity index (χ4v) is 3.56. The van der Waals surface area contributed by atoms with E-state index in [1.54, 1.807) is 0 Å². The molecule has 1 aliphatic heterocycles. The van der Waals surface area contributed by atoms with Crippen LogP contribution in [0.3, 0.4) is 0 Å². The van der Waals surface area contributed by atoms with Gasteiger partial charge in [0.15, 0.2) is 0 Å². The van der Waals surface area contributed by atoms with Crippen LogP contribution in [0.2, 0.25) is 0 Å². The smallest absolute Gasteiger partial charge is 0.220 e. The van der Waals surface area contributed by atoms with Gasteiger partial charge in [0.05, 0.1) is 0 Å². The van der Waals surface area contributed by atoms with Gasteiger partial charge in [0.25, 0.3) is 0 Å². The zero-order valence-corrected chi connectivity index (χ0v) is 14.0. The van der Waals surface area contributed by atoms with Gasteiger partial charge in [0.2, 0.25) is 5.91 Å². The molecule has 1 fully saturated rings. The molecule has 0 unspecified atom stereocenters. The third kappa shape index (κ3) is 4.72. The summed E-state index contributed by atoms with van der Waals surface area (Å²) in [7, 11) is 0. The van der Waals surface area contributed by atoms with Crippen molar-refractivity contribution in [1.29, 1.82) is 0 Å². The Kier molecular flexibility index (Phi) is 6.71. The van der Waals surface area contributed by atoms with E-state index >= 15 is 0 Å². The molecule has 3 nitrogen and oxygen atoms in total. The number of benzene rings is 1. The van der Waals surface area contributed by atoms with Gasteiger partial charge in [0.1, 0.15) is 0 Å². The Morgan fingerprint density at radius 3 is 2.73 bits per heavy atom. The summed E-state index contributed by atoms with van der Waals surface area (Å²) in [5, 5.41) is 6.42. The van der Waals surface area contributed by atoms with Crippen LogP contribution >= 0.6 is 12.4 Å². The topological polar surface area (TPSA) is 41.1 Å². The van der Waals surface area contributed by atoms with Crippen molar-refractivity contribution in [3.05, 3.63) is 34.9 Å². The summed E-state index contributed by atoms with van der Waals surface area (Å²) in [6, 6.07) is 6.53. The summed E-state index contributed by atoms with van der Waals surface area (Å²) in [6.45, 7) is 2.60. The Balaban J connectivity index is 0.00000176. The molecule has 1 aliphatic carbocycles. The van der Waals surface area contributed by atoms with E-state index < -0.39 is 0 Å². The predicted octanol–water partition coefficient (Wildman–Crippen LogP) is 3.69. The van der Waals surface area contributed by atoms with Crippen LogP contribution in [0.1, 0.15) is 61.6 Å². The minimum Gasteiger partial charge on any atom is -0.352 e. The summed E-state index contributed by atoms with van der Waals surface area (Å²) >= 11 is 0. The summed E-state index contributed by atoms with van der Waals surface area (Å²) in [5.41, 5.74) is 3.98. The number of fused-ring (bicyclic) bond motifs is 1. The van der Waals surface area contributed by atoms with E-state index in [1.807, 2.05) is 0 Å². The predicted molar refractivity (Wildman–Crippen MR) is 91.9 cm³/mol. The van der Waals surface area contributed by atoms with E-state index in [2.05, 4.69) is 28.8 Å². The largest absolute Gasteiger partial charge is 0.352 e. The SMILES string of the molecule is Cl.O=C(CCC1CCCCC1)NCc1ccc2c(c1)CNC2. The van der Waals surface area contributed by atoms with E-state index in [0.717, 1.165) is 25.4 Å². The molecule has 1 aromatic carbocycles. The highest BCUT2D eigenvalue weighted by atomic mass is 35.5. The number of amides is 1. The summed E-state index contributed by atoms with van der Waals surface area (Å²) in [4.78, 5) is 12.0. The van der Waals surface area contributed by atoms with Crippen LogP contribution < -0.4 is 10.6 Å². The third-order valence-electron chi connectivity index (χ3n) is 4.90. The summed E-state index contributed by atoms with van der Waals surface area (Å²) in [6.07, 6.45) is 8.51. The minimum absolute atomic E-state index is 0. The summed E-state index contributed by atoms with van der Waals surface area (Å²) in [5.74, 6) is 0.995. The van der Waals surface area contributed by atoms with Gasteiger partial charge in [-0.1, -0.05) is 50.3 Å². The van der Waals surface area contributed by atoms with Crippen molar-refractivity contribution in [2.24, 2.45) is 5.92 Å². The molecule has 4 heteroatoms. The van der Waals surface area contributed by atoms with E-state index in [4.69, 9.17) is 0 Å². The monoisotopic (exact) mass is 322 g/mol. The quantitative estimate of drug-likeness (QED) is 0.868. The highest BCUT2D eigenvalue weighted by Gasteiger charge is 2.15. The normalized spacial score (nSPS) is 17.6. The second-order valence-electron chi connectivity index (χ2n) is 6.53. The first-order valence-electron chi connectivity index (χ1n) is 8.39. The number of nitrogens with one attached hydrogen (secondary N) is 2. The van der Waals surface area contributed by atoms with Crippen molar-refractivity contribution in [3.8, 4) is 0 Å². The molecule has 122 valence electrons. The standard InChI is InChI=1S/C18H26N2O.ClH/c21-18(9-7-14-4-2-1-3-5-14)20-11-15-6-8-16-12-19-13-17(16)10-15;/h6,8,10,14,19H,1-5,7,9,11-13H2,(H,20,21);1H. The molecular formula is C18H27ClN2O. The van der Waals surface area contributed by atoms with Gasteiger partial charge in [0, 0.05) is 26.1 Å². The average Bonchev–Trinajstić information content (AvgIpc) is 2.99. The van der Waals surface area contributed by atoms with Crippen molar-refractivity contribution in [2.75, 3.05) is 0 Å². The highest BCUT2D eigenvalue weighted by Crippen LogP contribution is 2.27. The molecule has 22 heavy (non-hydrogen) atoms. The van der Waals surface area contributed by atoms with Gasteiger partial charge < -0.3 is 10.6 Å². The second-order valence-corrected chi connectivity index (χ2v) is 6.53. The van der Waals surface area contributed by atoms with Crippen LogP contribution in [0.5, 0.6) is 0 Å². The first kappa shape index (κ1) is 17.3. The lowest BCUT2D eigenvalue weighted by atomic mass is 9.86. The van der Waals surface area contributed by atoms with Crippen molar-refractivity contribution in [2.45, 2.75) is 64.6 Å². The molecule has 1 aromatic rings. The fourth-order valence-electron chi connectivity index (χ4n) is 3.56. The molecule has 3 rings (SSSR count). The van der Waals surface area contributed by atoms with Gasteiger partial charge >= 0.3 is 0 Å². The van der Waals surface area contributed by atoms with Crippen LogP contribution in [0, 0.1) is 5.92 Å². The molecule has 0 bridgehead atoms. The van der Waals surface area contributed by atoms with E-state index in [9.17, 15) is 4.79 Å². The van der Waals surface area contributed by atoms with Gasteiger partial charge in [-0.15, -0.1) is 12.4 Å². The number of carbonyl (C=O) groups is 1. The second kappa shape index (κ2) is 8.54. The first-order chi connectivity index (χ1) is 10.3. The van der Waals surface area contributed by atoms with Crippen LogP contribution in [-0.2, 0) is 24.4 Å². The number of carbonyl (C=O) groups excluding carboxylic acids is 1. The number of halogens is 1. The van der Waals surface area contributed by atoms with Crippen molar-refractivity contribution < 1.29 is 4.79 Å². The molecule has 0 atom stereocenters. The van der Waals surface area contributed by atoms with Crippen molar-refractivity contribution >= 4 is 18.3 Å². The van der Waals surface area contributed by atoms with Gasteiger partial charge in [-0.2, -0.15) is 0 Å². The lowest BCUT2D eigenvalue weighted by Gasteiger charge is -2.21. The molecule has 2 aliphatic rings. The maximum absolute atomic E-state index is 12.0. The number of rotatable bonds is 5. The molecule has 0 radical (unpaired) electrons. The van der Waals surface area contributed by atoms with Crippen molar-refractivity contribution in [3.63, 3.8) is 0 Å². The van der Waals surface area contributed by atoms with E-state index in [-0.39, 0.29) is 18.3 Å².